The average Bonchev–Trinajstić information content (AvgIpc) is 2.92. The van der Waals surface area contributed by atoms with Crippen molar-refractivity contribution in [2.24, 2.45) is 0 Å². The Labute approximate surface area is 131 Å². The van der Waals surface area contributed by atoms with Crippen molar-refractivity contribution < 1.29 is 5.11 Å². The van der Waals surface area contributed by atoms with E-state index in [9.17, 15) is 5.11 Å². The number of hydrogen-bond donors (Lipinski definition) is 1. The normalized spacial score (nSPS) is 12.0. The lowest BCUT2D eigenvalue weighted by molar-refractivity contribution is 0.282. The summed E-state index contributed by atoms with van der Waals surface area (Å²) < 4.78 is 0. The summed E-state index contributed by atoms with van der Waals surface area (Å²) >= 11 is 0. The van der Waals surface area contributed by atoms with Crippen LogP contribution in [-0.2, 0) is 0 Å². The van der Waals surface area contributed by atoms with Crippen LogP contribution in [0.25, 0.3) is 11.1 Å². The molecule has 1 aliphatic rings. The van der Waals surface area contributed by atoms with Crippen molar-refractivity contribution in [1.29, 1.82) is 0 Å². The summed E-state index contributed by atoms with van der Waals surface area (Å²) in [6.07, 6.45) is 4.31. The van der Waals surface area contributed by atoms with Crippen molar-refractivity contribution in [3.8, 4) is 11.1 Å². The van der Waals surface area contributed by atoms with E-state index in [1.807, 2.05) is 18.2 Å². The SMILES string of the molecule is OCCC1c2ccccc2-c2ccccc21.c1ccncc1. The van der Waals surface area contributed by atoms with Crippen LogP contribution in [0.15, 0.2) is 79.1 Å². The molecule has 0 bridgehead atoms. The molecule has 0 atom stereocenters. The molecule has 22 heavy (non-hydrogen) atoms. The molecule has 0 fully saturated rings. The Kier molecular flexibility index (Phi) is 4.62. The fraction of sp³-hybridized carbons (Fsp3) is 0.150. The fourth-order valence-electron chi connectivity index (χ4n) is 3.01. The van der Waals surface area contributed by atoms with E-state index >= 15 is 0 Å². The molecule has 0 radical (unpaired) electrons. The average molecular weight is 289 g/mol. The lowest BCUT2D eigenvalue weighted by atomic mass is 9.94. The van der Waals surface area contributed by atoms with E-state index in [1.165, 1.54) is 22.3 Å². The molecule has 1 heterocycles. The van der Waals surface area contributed by atoms with Crippen LogP contribution in [0.4, 0.5) is 0 Å². The molecule has 110 valence electrons. The molecule has 2 heteroatoms. The van der Waals surface area contributed by atoms with Crippen molar-refractivity contribution in [3.05, 3.63) is 90.3 Å². The molecule has 0 spiro atoms. The van der Waals surface area contributed by atoms with Crippen LogP contribution >= 0.6 is 0 Å². The Morgan fingerprint density at radius 3 is 1.68 bits per heavy atom. The third-order valence-electron chi connectivity index (χ3n) is 3.95. The van der Waals surface area contributed by atoms with Crippen LogP contribution in [0.1, 0.15) is 23.5 Å². The number of aromatic nitrogens is 1. The molecule has 4 rings (SSSR count). The summed E-state index contributed by atoms with van der Waals surface area (Å²) in [7, 11) is 0. The number of hydrogen-bond acceptors (Lipinski definition) is 2. The van der Waals surface area contributed by atoms with Gasteiger partial charge in [0.05, 0.1) is 0 Å². The molecular formula is C20H19NO. The highest BCUT2D eigenvalue weighted by Crippen LogP contribution is 2.45. The van der Waals surface area contributed by atoms with Crippen LogP contribution < -0.4 is 0 Å². The fourth-order valence-corrected chi connectivity index (χ4v) is 3.01. The summed E-state index contributed by atoms with van der Waals surface area (Å²) in [5.41, 5.74) is 5.38. The Hall–Kier alpha value is -2.45. The lowest BCUT2D eigenvalue weighted by Gasteiger charge is -2.11. The number of aliphatic hydroxyl groups is 1. The molecule has 1 N–H and O–H groups in total. The first-order valence-corrected chi connectivity index (χ1v) is 7.56. The van der Waals surface area contributed by atoms with Gasteiger partial charge in [-0.25, -0.2) is 0 Å². The second-order valence-electron chi connectivity index (χ2n) is 5.26. The maximum Gasteiger partial charge on any atom is 0.0440 e. The van der Waals surface area contributed by atoms with E-state index in [1.54, 1.807) is 12.4 Å². The van der Waals surface area contributed by atoms with E-state index in [2.05, 4.69) is 53.5 Å². The van der Waals surface area contributed by atoms with Gasteiger partial charge in [-0.15, -0.1) is 0 Å². The minimum atomic E-state index is 0.243. The summed E-state index contributed by atoms with van der Waals surface area (Å²) in [5, 5.41) is 9.18. The maximum atomic E-state index is 9.18. The predicted molar refractivity (Wildman–Crippen MR) is 89.7 cm³/mol. The molecule has 2 nitrogen and oxygen atoms in total. The molecule has 0 saturated carbocycles. The highest BCUT2D eigenvalue weighted by molar-refractivity contribution is 5.78. The smallest absolute Gasteiger partial charge is 0.0440 e. The van der Waals surface area contributed by atoms with Gasteiger partial charge in [0.2, 0.25) is 0 Å². The summed E-state index contributed by atoms with van der Waals surface area (Å²) in [6, 6.07) is 22.7. The number of nitrogens with zero attached hydrogens (tertiary/aromatic N) is 1. The van der Waals surface area contributed by atoms with Gasteiger partial charge in [0, 0.05) is 24.9 Å². The predicted octanol–water partition coefficient (Wildman–Crippen LogP) is 4.26. The van der Waals surface area contributed by atoms with Gasteiger partial charge in [-0.2, -0.15) is 0 Å². The van der Waals surface area contributed by atoms with Gasteiger partial charge >= 0.3 is 0 Å². The van der Waals surface area contributed by atoms with Gasteiger partial charge in [0.25, 0.3) is 0 Å². The molecule has 0 saturated heterocycles. The number of fused-ring (bicyclic) bond motifs is 3. The van der Waals surface area contributed by atoms with E-state index < -0.39 is 0 Å². The van der Waals surface area contributed by atoms with E-state index in [-0.39, 0.29) is 6.61 Å². The first-order valence-electron chi connectivity index (χ1n) is 7.56. The van der Waals surface area contributed by atoms with Gasteiger partial charge in [0.15, 0.2) is 0 Å². The zero-order valence-electron chi connectivity index (χ0n) is 12.4. The third-order valence-corrected chi connectivity index (χ3v) is 3.95. The minimum Gasteiger partial charge on any atom is -0.396 e. The molecule has 1 aromatic heterocycles. The third kappa shape index (κ3) is 2.92. The number of pyridine rings is 1. The van der Waals surface area contributed by atoms with Gasteiger partial charge < -0.3 is 5.11 Å². The van der Waals surface area contributed by atoms with Crippen LogP contribution in [0.5, 0.6) is 0 Å². The van der Waals surface area contributed by atoms with E-state index in [4.69, 9.17) is 0 Å². The highest BCUT2D eigenvalue weighted by Gasteiger charge is 2.26. The molecular weight excluding hydrogens is 270 g/mol. The molecule has 2 aromatic carbocycles. The number of benzene rings is 2. The standard InChI is InChI=1S/C15H14O.C5H5N/c16-10-9-15-13-7-3-1-5-11(13)12-6-2-4-8-14(12)15;1-2-4-6-5-3-1/h1-8,15-16H,9-10H2;1-5H. The minimum absolute atomic E-state index is 0.243. The zero-order chi connectivity index (χ0) is 15.2. The summed E-state index contributed by atoms with van der Waals surface area (Å²) in [5.74, 6) is 0.373. The zero-order valence-corrected chi connectivity index (χ0v) is 12.4. The van der Waals surface area contributed by atoms with Crippen molar-refractivity contribution in [3.63, 3.8) is 0 Å². The summed E-state index contributed by atoms with van der Waals surface area (Å²) in [6.45, 7) is 0.243. The Morgan fingerprint density at radius 1 is 0.727 bits per heavy atom. The van der Waals surface area contributed by atoms with E-state index in [0.717, 1.165) is 6.42 Å². The van der Waals surface area contributed by atoms with Gasteiger partial charge in [0.1, 0.15) is 0 Å². The van der Waals surface area contributed by atoms with Crippen molar-refractivity contribution in [2.45, 2.75) is 12.3 Å². The maximum absolute atomic E-state index is 9.18. The second kappa shape index (κ2) is 7.01. The topological polar surface area (TPSA) is 33.1 Å². The molecule has 0 amide bonds. The quantitative estimate of drug-likeness (QED) is 0.764. The molecule has 0 aliphatic heterocycles. The first kappa shape index (κ1) is 14.5. The number of aliphatic hydroxyl groups excluding tert-OH is 1. The van der Waals surface area contributed by atoms with Crippen molar-refractivity contribution in [1.82, 2.24) is 4.98 Å². The van der Waals surface area contributed by atoms with Crippen molar-refractivity contribution in [2.75, 3.05) is 6.61 Å². The van der Waals surface area contributed by atoms with Crippen LogP contribution in [-0.4, -0.2) is 16.7 Å². The summed E-state index contributed by atoms with van der Waals surface area (Å²) in [4.78, 5) is 3.78. The molecule has 0 unspecified atom stereocenters. The molecule has 3 aromatic rings. The Morgan fingerprint density at radius 2 is 1.27 bits per heavy atom. The number of rotatable bonds is 2. The second-order valence-corrected chi connectivity index (χ2v) is 5.26. The molecule has 1 aliphatic carbocycles. The highest BCUT2D eigenvalue weighted by atomic mass is 16.3. The van der Waals surface area contributed by atoms with Gasteiger partial charge in [-0.1, -0.05) is 54.6 Å². The lowest BCUT2D eigenvalue weighted by Crippen LogP contribution is -1.99. The largest absolute Gasteiger partial charge is 0.396 e. The first-order chi connectivity index (χ1) is 10.9. The van der Waals surface area contributed by atoms with E-state index in [0.29, 0.717) is 5.92 Å². The van der Waals surface area contributed by atoms with Gasteiger partial charge in [-0.05, 0) is 40.8 Å². The van der Waals surface area contributed by atoms with Crippen molar-refractivity contribution >= 4 is 0 Å². The monoisotopic (exact) mass is 289 g/mol. The van der Waals surface area contributed by atoms with Crippen LogP contribution in [0, 0.1) is 0 Å². The Bertz CT molecular complexity index is 652. The Balaban J connectivity index is 0.000000202. The van der Waals surface area contributed by atoms with Gasteiger partial charge in [-0.3, -0.25) is 4.98 Å². The van der Waals surface area contributed by atoms with Crippen LogP contribution in [0.2, 0.25) is 0 Å². The van der Waals surface area contributed by atoms with Crippen LogP contribution in [0.3, 0.4) is 0 Å².